The van der Waals surface area contributed by atoms with Crippen molar-refractivity contribution in [2.45, 2.75) is 0 Å². The molecule has 16 heavy (non-hydrogen) atoms. The molecule has 0 fully saturated rings. The fourth-order valence-corrected chi connectivity index (χ4v) is 2.22. The van der Waals surface area contributed by atoms with Gasteiger partial charge in [0.1, 0.15) is 11.7 Å². The lowest BCUT2D eigenvalue weighted by atomic mass is 9.79. The van der Waals surface area contributed by atoms with E-state index in [1.807, 2.05) is 30.4 Å². The lowest BCUT2D eigenvalue weighted by Crippen LogP contribution is -2.24. The average Bonchev–Trinajstić information content (AvgIpc) is 2.29. The number of allylic oxidation sites excluding steroid dienone is 4. The van der Waals surface area contributed by atoms with Gasteiger partial charge in [-0.25, -0.2) is 0 Å². The van der Waals surface area contributed by atoms with Crippen LogP contribution in [0.3, 0.4) is 0 Å². The van der Waals surface area contributed by atoms with E-state index in [0.29, 0.717) is 5.56 Å². The zero-order valence-electron chi connectivity index (χ0n) is 8.55. The van der Waals surface area contributed by atoms with E-state index >= 15 is 0 Å². The molecule has 0 aromatic heterocycles. The van der Waals surface area contributed by atoms with Crippen LogP contribution in [0.25, 0.3) is 6.08 Å². The minimum atomic E-state index is -0.500. The normalized spacial score (nSPS) is 22.0. The Bertz CT molecular complexity index is 562. The predicted molar refractivity (Wildman–Crippen MR) is 62.1 cm³/mol. The Kier molecular flexibility index (Phi) is 1.83. The van der Waals surface area contributed by atoms with E-state index in [4.69, 9.17) is 0 Å². The predicted octanol–water partition coefficient (Wildman–Crippen LogP) is 2.89. The highest BCUT2D eigenvalue weighted by Crippen LogP contribution is 2.34. The third-order valence-electron chi connectivity index (χ3n) is 3.00. The molecule has 1 unspecified atom stereocenters. The molecule has 3 rings (SSSR count). The summed E-state index contributed by atoms with van der Waals surface area (Å²) in [6.07, 6.45) is 7.17. The number of carbonyl (C=O) groups excluding carboxylic acids is 1. The van der Waals surface area contributed by atoms with Gasteiger partial charge in [0, 0.05) is 5.56 Å². The Morgan fingerprint density at radius 2 is 2.00 bits per heavy atom. The van der Waals surface area contributed by atoms with E-state index in [-0.39, 0.29) is 11.5 Å². The molecule has 1 aromatic carbocycles. The van der Waals surface area contributed by atoms with E-state index in [1.54, 1.807) is 18.2 Å². The standard InChI is InChI=1S/C14H10O2/c15-12-7-3-5-10-8-9-4-1-2-6-11(9)14(16)13(10)12/h1-8,13,15H. The van der Waals surface area contributed by atoms with Gasteiger partial charge in [0.25, 0.3) is 0 Å². The first-order chi connectivity index (χ1) is 7.77. The van der Waals surface area contributed by atoms with Gasteiger partial charge in [-0.1, -0.05) is 36.4 Å². The molecule has 2 nitrogen and oxygen atoms in total. The number of carbonyl (C=O) groups is 1. The zero-order valence-corrected chi connectivity index (χ0v) is 8.55. The molecular weight excluding hydrogens is 200 g/mol. The van der Waals surface area contributed by atoms with Gasteiger partial charge in [0.2, 0.25) is 0 Å². The van der Waals surface area contributed by atoms with Crippen LogP contribution in [0, 0.1) is 5.92 Å². The zero-order chi connectivity index (χ0) is 11.1. The number of aliphatic hydroxyl groups excluding tert-OH is 1. The van der Waals surface area contributed by atoms with Gasteiger partial charge in [0.05, 0.1) is 0 Å². The molecule has 0 amide bonds. The van der Waals surface area contributed by atoms with Gasteiger partial charge >= 0.3 is 0 Å². The van der Waals surface area contributed by atoms with Crippen LogP contribution in [-0.2, 0) is 0 Å². The largest absolute Gasteiger partial charge is 0.511 e. The number of benzene rings is 1. The highest BCUT2D eigenvalue weighted by atomic mass is 16.3. The topological polar surface area (TPSA) is 37.3 Å². The molecular formula is C14H10O2. The van der Waals surface area contributed by atoms with E-state index in [2.05, 4.69) is 0 Å². The number of hydrogen-bond acceptors (Lipinski definition) is 2. The minimum Gasteiger partial charge on any atom is -0.511 e. The summed E-state index contributed by atoms with van der Waals surface area (Å²) in [5, 5.41) is 9.75. The van der Waals surface area contributed by atoms with E-state index in [9.17, 15) is 9.90 Å². The summed E-state index contributed by atoms with van der Waals surface area (Å²) in [5.74, 6) is -0.389. The summed E-state index contributed by atoms with van der Waals surface area (Å²) in [7, 11) is 0. The summed E-state index contributed by atoms with van der Waals surface area (Å²) in [6, 6.07) is 7.47. The maximum absolute atomic E-state index is 12.2. The Labute approximate surface area is 93.2 Å². The van der Waals surface area contributed by atoms with Crippen molar-refractivity contribution in [3.63, 3.8) is 0 Å². The van der Waals surface area contributed by atoms with Crippen molar-refractivity contribution in [3.8, 4) is 0 Å². The SMILES string of the molecule is O=C1c2ccccc2C=C2C=CC=C(O)C12. The molecule has 0 saturated heterocycles. The van der Waals surface area contributed by atoms with E-state index < -0.39 is 5.92 Å². The Morgan fingerprint density at radius 1 is 1.19 bits per heavy atom. The van der Waals surface area contributed by atoms with E-state index in [1.165, 1.54) is 0 Å². The third-order valence-corrected chi connectivity index (χ3v) is 3.00. The highest BCUT2D eigenvalue weighted by molar-refractivity contribution is 6.07. The molecule has 0 radical (unpaired) electrons. The maximum Gasteiger partial charge on any atom is 0.178 e. The highest BCUT2D eigenvalue weighted by Gasteiger charge is 2.32. The van der Waals surface area contributed by atoms with E-state index in [0.717, 1.165) is 11.1 Å². The number of ketones is 1. The molecule has 0 saturated carbocycles. The Balaban J connectivity index is 2.23. The first kappa shape index (κ1) is 9.16. The lowest BCUT2D eigenvalue weighted by molar-refractivity contribution is 0.0933. The molecule has 2 aliphatic carbocycles. The van der Waals surface area contributed by atoms with Crippen molar-refractivity contribution in [2.24, 2.45) is 5.92 Å². The monoisotopic (exact) mass is 210 g/mol. The number of hydrogen-bond donors (Lipinski definition) is 1. The summed E-state index contributed by atoms with van der Waals surface area (Å²) >= 11 is 0. The number of rotatable bonds is 0. The lowest BCUT2D eigenvalue weighted by Gasteiger charge is -2.24. The molecule has 78 valence electrons. The van der Waals surface area contributed by atoms with Gasteiger partial charge in [-0.3, -0.25) is 4.79 Å². The smallest absolute Gasteiger partial charge is 0.178 e. The molecule has 1 aromatic rings. The van der Waals surface area contributed by atoms with Crippen LogP contribution < -0.4 is 0 Å². The molecule has 0 bridgehead atoms. The number of aliphatic hydroxyl groups is 1. The van der Waals surface area contributed by atoms with Crippen LogP contribution in [-0.4, -0.2) is 10.9 Å². The van der Waals surface area contributed by atoms with Crippen LogP contribution in [0.4, 0.5) is 0 Å². The second-order valence-electron chi connectivity index (χ2n) is 3.98. The van der Waals surface area contributed by atoms with Gasteiger partial charge in [-0.2, -0.15) is 0 Å². The van der Waals surface area contributed by atoms with Gasteiger partial charge < -0.3 is 5.11 Å². The second-order valence-corrected chi connectivity index (χ2v) is 3.98. The average molecular weight is 210 g/mol. The third kappa shape index (κ3) is 1.16. The molecule has 0 heterocycles. The Hall–Kier alpha value is -2.09. The fourth-order valence-electron chi connectivity index (χ4n) is 2.22. The quantitative estimate of drug-likeness (QED) is 0.714. The van der Waals surface area contributed by atoms with Crippen molar-refractivity contribution in [2.75, 3.05) is 0 Å². The van der Waals surface area contributed by atoms with Gasteiger partial charge in [-0.15, -0.1) is 0 Å². The molecule has 0 aliphatic heterocycles. The molecule has 2 aliphatic rings. The number of Topliss-reactive ketones (excluding diaryl/α,β-unsaturated/α-hetero) is 1. The van der Waals surface area contributed by atoms with Crippen molar-refractivity contribution < 1.29 is 9.90 Å². The van der Waals surface area contributed by atoms with Crippen LogP contribution in [0.1, 0.15) is 15.9 Å². The molecule has 1 N–H and O–H groups in total. The molecule has 0 spiro atoms. The van der Waals surface area contributed by atoms with Crippen molar-refractivity contribution in [1.29, 1.82) is 0 Å². The first-order valence-corrected chi connectivity index (χ1v) is 5.19. The van der Waals surface area contributed by atoms with Crippen molar-refractivity contribution in [1.82, 2.24) is 0 Å². The maximum atomic E-state index is 12.2. The fraction of sp³-hybridized carbons (Fsp3) is 0.0714. The van der Waals surface area contributed by atoms with Gasteiger partial charge in [-0.05, 0) is 23.3 Å². The molecule has 2 heteroatoms. The van der Waals surface area contributed by atoms with Gasteiger partial charge in [0.15, 0.2) is 5.78 Å². The van der Waals surface area contributed by atoms with Crippen LogP contribution in [0.5, 0.6) is 0 Å². The van der Waals surface area contributed by atoms with Crippen molar-refractivity contribution in [3.05, 3.63) is 65.0 Å². The van der Waals surface area contributed by atoms with Crippen LogP contribution >= 0.6 is 0 Å². The summed E-state index contributed by atoms with van der Waals surface area (Å²) in [4.78, 5) is 12.2. The van der Waals surface area contributed by atoms with Crippen LogP contribution in [0.15, 0.2) is 53.8 Å². The van der Waals surface area contributed by atoms with Crippen molar-refractivity contribution >= 4 is 11.9 Å². The minimum absolute atomic E-state index is 0.0220. The van der Waals surface area contributed by atoms with Crippen LogP contribution in [0.2, 0.25) is 0 Å². The summed E-state index contributed by atoms with van der Waals surface area (Å²) in [6.45, 7) is 0. The second kappa shape index (κ2) is 3.20. The molecule has 1 atom stereocenters. The first-order valence-electron chi connectivity index (χ1n) is 5.19. The summed E-state index contributed by atoms with van der Waals surface area (Å²) in [5.41, 5.74) is 2.48. The number of fused-ring (bicyclic) bond motifs is 2. The summed E-state index contributed by atoms with van der Waals surface area (Å²) < 4.78 is 0. The Morgan fingerprint density at radius 3 is 2.88 bits per heavy atom.